The molecule has 27 heavy (non-hydrogen) atoms. The SMILES string of the molecule is Cc1nc2cc(NC(=O)c3cccc(-n4nc(C)c(C)c4C)c3)ccc2o1. The first-order valence-electron chi connectivity index (χ1n) is 8.74. The third-order valence-electron chi connectivity index (χ3n) is 4.76. The van der Waals surface area contributed by atoms with Gasteiger partial charge >= 0.3 is 0 Å². The molecule has 1 amide bonds. The minimum atomic E-state index is -0.185. The summed E-state index contributed by atoms with van der Waals surface area (Å²) in [5.74, 6) is 0.413. The molecule has 4 rings (SSSR count). The van der Waals surface area contributed by atoms with Gasteiger partial charge in [0.2, 0.25) is 0 Å². The molecule has 0 unspecified atom stereocenters. The maximum atomic E-state index is 12.7. The first-order chi connectivity index (χ1) is 12.9. The van der Waals surface area contributed by atoms with E-state index in [1.165, 1.54) is 0 Å². The summed E-state index contributed by atoms with van der Waals surface area (Å²) in [5.41, 5.74) is 6.72. The topological polar surface area (TPSA) is 73.0 Å². The predicted octanol–water partition coefficient (Wildman–Crippen LogP) is 4.50. The molecule has 0 bridgehead atoms. The van der Waals surface area contributed by atoms with Crippen LogP contribution in [0.5, 0.6) is 0 Å². The molecule has 0 saturated heterocycles. The highest BCUT2D eigenvalue weighted by Gasteiger charge is 2.12. The second-order valence-corrected chi connectivity index (χ2v) is 6.63. The summed E-state index contributed by atoms with van der Waals surface area (Å²) >= 11 is 0. The van der Waals surface area contributed by atoms with E-state index in [1.54, 1.807) is 31.2 Å². The Hall–Kier alpha value is -3.41. The van der Waals surface area contributed by atoms with Crippen molar-refractivity contribution in [2.24, 2.45) is 0 Å². The Bertz CT molecular complexity index is 1170. The van der Waals surface area contributed by atoms with Crippen LogP contribution in [0.25, 0.3) is 16.8 Å². The number of amides is 1. The van der Waals surface area contributed by atoms with E-state index in [2.05, 4.69) is 15.4 Å². The Balaban J connectivity index is 1.62. The Morgan fingerprint density at radius 3 is 2.63 bits per heavy atom. The highest BCUT2D eigenvalue weighted by atomic mass is 16.3. The number of oxazole rings is 1. The van der Waals surface area contributed by atoms with E-state index in [1.807, 2.05) is 43.7 Å². The molecule has 0 spiro atoms. The van der Waals surface area contributed by atoms with Crippen LogP contribution in [0.15, 0.2) is 46.9 Å². The van der Waals surface area contributed by atoms with Gasteiger partial charge in [-0.2, -0.15) is 5.10 Å². The van der Waals surface area contributed by atoms with Crippen LogP contribution < -0.4 is 5.32 Å². The predicted molar refractivity (Wildman–Crippen MR) is 104 cm³/mol. The number of aryl methyl sites for hydroxylation is 2. The van der Waals surface area contributed by atoms with Crippen LogP contribution in [0, 0.1) is 27.7 Å². The van der Waals surface area contributed by atoms with Crippen molar-refractivity contribution in [1.82, 2.24) is 14.8 Å². The quantitative estimate of drug-likeness (QED) is 0.584. The van der Waals surface area contributed by atoms with Crippen LogP contribution in [0.1, 0.15) is 33.2 Å². The first-order valence-corrected chi connectivity index (χ1v) is 8.74. The van der Waals surface area contributed by atoms with E-state index in [4.69, 9.17) is 4.42 Å². The molecule has 6 nitrogen and oxygen atoms in total. The zero-order chi connectivity index (χ0) is 19.1. The van der Waals surface area contributed by atoms with Gasteiger partial charge in [0, 0.05) is 23.9 Å². The molecule has 6 heteroatoms. The van der Waals surface area contributed by atoms with Gasteiger partial charge in [0.15, 0.2) is 11.5 Å². The number of nitrogens with one attached hydrogen (secondary N) is 1. The average Bonchev–Trinajstić information content (AvgIpc) is 3.15. The van der Waals surface area contributed by atoms with Gasteiger partial charge in [-0.3, -0.25) is 4.79 Å². The minimum absolute atomic E-state index is 0.185. The zero-order valence-corrected chi connectivity index (χ0v) is 15.7. The third kappa shape index (κ3) is 3.10. The molecule has 2 aromatic carbocycles. The van der Waals surface area contributed by atoms with Crippen molar-refractivity contribution in [3.63, 3.8) is 0 Å². The second kappa shape index (κ2) is 6.39. The standard InChI is InChI=1S/C21H20N4O2/c1-12-13(2)24-25(14(12)3)18-7-5-6-16(10-18)21(26)23-17-8-9-20-19(11-17)22-15(4)27-20/h5-11H,1-4H3,(H,23,26). The molecule has 0 aliphatic carbocycles. The number of nitrogens with zero attached hydrogens (tertiary/aromatic N) is 3. The van der Waals surface area contributed by atoms with Gasteiger partial charge < -0.3 is 9.73 Å². The van der Waals surface area contributed by atoms with Crippen LogP contribution in [0.4, 0.5) is 5.69 Å². The lowest BCUT2D eigenvalue weighted by atomic mass is 10.1. The van der Waals surface area contributed by atoms with Gasteiger partial charge in [-0.15, -0.1) is 0 Å². The van der Waals surface area contributed by atoms with Crippen LogP contribution in [-0.2, 0) is 0 Å². The molecular formula is C21H20N4O2. The van der Waals surface area contributed by atoms with Crippen molar-refractivity contribution in [2.75, 3.05) is 5.32 Å². The Kier molecular flexibility index (Phi) is 4.03. The fraction of sp³-hybridized carbons (Fsp3) is 0.190. The molecule has 2 aromatic heterocycles. The number of carbonyl (C=O) groups is 1. The number of hydrogen-bond acceptors (Lipinski definition) is 4. The lowest BCUT2D eigenvalue weighted by Crippen LogP contribution is -2.12. The summed E-state index contributed by atoms with van der Waals surface area (Å²) in [6.07, 6.45) is 0. The van der Waals surface area contributed by atoms with Gasteiger partial charge in [0.05, 0.1) is 11.4 Å². The van der Waals surface area contributed by atoms with Crippen LogP contribution in [-0.4, -0.2) is 20.7 Å². The second-order valence-electron chi connectivity index (χ2n) is 6.63. The number of fused-ring (bicyclic) bond motifs is 1. The molecule has 0 aliphatic rings. The summed E-state index contributed by atoms with van der Waals surface area (Å²) < 4.78 is 7.33. The Morgan fingerprint density at radius 2 is 1.89 bits per heavy atom. The largest absolute Gasteiger partial charge is 0.441 e. The summed E-state index contributed by atoms with van der Waals surface area (Å²) in [6.45, 7) is 7.85. The lowest BCUT2D eigenvalue weighted by Gasteiger charge is -2.08. The van der Waals surface area contributed by atoms with Crippen LogP contribution in [0.2, 0.25) is 0 Å². The maximum Gasteiger partial charge on any atom is 0.255 e. The smallest absolute Gasteiger partial charge is 0.255 e. The van der Waals surface area contributed by atoms with Gasteiger partial charge in [0.25, 0.3) is 5.91 Å². The van der Waals surface area contributed by atoms with E-state index < -0.39 is 0 Å². The summed E-state index contributed by atoms with van der Waals surface area (Å²) in [7, 11) is 0. The van der Waals surface area contributed by atoms with Crippen LogP contribution >= 0.6 is 0 Å². The highest BCUT2D eigenvalue weighted by Crippen LogP contribution is 2.21. The van der Waals surface area contributed by atoms with Crippen molar-refractivity contribution >= 4 is 22.7 Å². The molecule has 1 N–H and O–H groups in total. The highest BCUT2D eigenvalue weighted by molar-refractivity contribution is 6.05. The first kappa shape index (κ1) is 17.0. The normalized spacial score (nSPS) is 11.1. The lowest BCUT2D eigenvalue weighted by molar-refractivity contribution is 0.102. The molecule has 0 radical (unpaired) electrons. The van der Waals surface area contributed by atoms with Crippen molar-refractivity contribution in [3.05, 3.63) is 70.9 Å². The average molecular weight is 360 g/mol. The molecule has 0 aliphatic heterocycles. The van der Waals surface area contributed by atoms with Gasteiger partial charge in [0.1, 0.15) is 5.52 Å². The molecule has 136 valence electrons. The summed E-state index contributed by atoms with van der Waals surface area (Å²) in [5, 5.41) is 7.49. The molecule has 0 atom stereocenters. The van der Waals surface area contributed by atoms with E-state index in [0.717, 1.165) is 28.2 Å². The minimum Gasteiger partial charge on any atom is -0.441 e. The van der Waals surface area contributed by atoms with E-state index in [9.17, 15) is 4.79 Å². The van der Waals surface area contributed by atoms with Crippen LogP contribution in [0.3, 0.4) is 0 Å². The molecule has 0 fully saturated rings. The van der Waals surface area contributed by atoms with Gasteiger partial charge in [-0.1, -0.05) is 6.07 Å². The number of aromatic nitrogens is 3. The van der Waals surface area contributed by atoms with Crippen molar-refractivity contribution in [1.29, 1.82) is 0 Å². The van der Waals surface area contributed by atoms with Gasteiger partial charge in [-0.25, -0.2) is 9.67 Å². The molecular weight excluding hydrogens is 340 g/mol. The van der Waals surface area contributed by atoms with Crippen molar-refractivity contribution in [2.45, 2.75) is 27.7 Å². The van der Waals surface area contributed by atoms with E-state index in [-0.39, 0.29) is 5.91 Å². The number of rotatable bonds is 3. The van der Waals surface area contributed by atoms with Gasteiger partial charge in [-0.05, 0) is 62.7 Å². The molecule has 2 heterocycles. The maximum absolute atomic E-state index is 12.7. The monoisotopic (exact) mass is 360 g/mol. The Labute approximate surface area is 156 Å². The molecule has 0 saturated carbocycles. The molecule has 4 aromatic rings. The van der Waals surface area contributed by atoms with E-state index in [0.29, 0.717) is 22.7 Å². The number of anilines is 1. The number of benzene rings is 2. The third-order valence-corrected chi connectivity index (χ3v) is 4.76. The van der Waals surface area contributed by atoms with Crippen molar-refractivity contribution in [3.8, 4) is 5.69 Å². The fourth-order valence-corrected chi connectivity index (χ4v) is 3.07. The summed E-state index contributed by atoms with van der Waals surface area (Å²) in [4.78, 5) is 17.0. The number of carbonyl (C=O) groups excluding carboxylic acids is 1. The van der Waals surface area contributed by atoms with E-state index >= 15 is 0 Å². The summed E-state index contributed by atoms with van der Waals surface area (Å²) in [6, 6.07) is 12.8. The van der Waals surface area contributed by atoms with Crippen molar-refractivity contribution < 1.29 is 9.21 Å². The Morgan fingerprint density at radius 1 is 1.07 bits per heavy atom. The fourth-order valence-electron chi connectivity index (χ4n) is 3.07. The number of hydrogen-bond donors (Lipinski definition) is 1. The zero-order valence-electron chi connectivity index (χ0n) is 15.7.